The number of hydrogen-bond acceptors (Lipinski definition) is 4. The van der Waals surface area contributed by atoms with Crippen molar-refractivity contribution in [2.45, 2.75) is 45.1 Å². The van der Waals surface area contributed by atoms with Crippen LogP contribution in [0.25, 0.3) is 11.8 Å². The number of rotatable bonds is 3. The lowest BCUT2D eigenvalue weighted by Crippen LogP contribution is -2.39. The summed E-state index contributed by atoms with van der Waals surface area (Å²) in [5.74, 6) is 0.785. The summed E-state index contributed by atoms with van der Waals surface area (Å²) in [5.41, 5.74) is 8.01. The normalized spacial score (nSPS) is 17.1. The van der Waals surface area contributed by atoms with E-state index in [-0.39, 0.29) is 17.0 Å². The van der Waals surface area contributed by atoms with E-state index < -0.39 is 0 Å². The Kier molecular flexibility index (Phi) is 5.76. The first-order valence-corrected chi connectivity index (χ1v) is 13.5. The molecule has 0 bridgehead atoms. The Morgan fingerprint density at radius 2 is 1.70 bits per heavy atom. The van der Waals surface area contributed by atoms with E-state index in [1.54, 1.807) is 7.11 Å². The van der Waals surface area contributed by atoms with Gasteiger partial charge in [-0.15, -0.1) is 0 Å². The molecule has 0 fully saturated rings. The van der Waals surface area contributed by atoms with Crippen molar-refractivity contribution in [1.82, 2.24) is 4.57 Å². The van der Waals surface area contributed by atoms with Gasteiger partial charge in [0.1, 0.15) is 5.75 Å². The predicted molar refractivity (Wildman–Crippen MR) is 151 cm³/mol. The third-order valence-corrected chi connectivity index (χ3v) is 8.36. The van der Waals surface area contributed by atoms with Gasteiger partial charge in [-0.05, 0) is 52.7 Å². The monoisotopic (exact) mass is 506 g/mol. The average Bonchev–Trinajstić information content (AvgIpc) is 3.21. The minimum atomic E-state index is -0.249. The molecular weight excluding hydrogens is 476 g/mol. The summed E-state index contributed by atoms with van der Waals surface area (Å²) >= 11 is 1.46. The number of fused-ring (bicyclic) bond motifs is 3. The lowest BCUT2D eigenvalue weighted by atomic mass is 9.83. The van der Waals surface area contributed by atoms with E-state index in [1.165, 1.54) is 33.6 Å². The van der Waals surface area contributed by atoms with Crippen molar-refractivity contribution in [3.05, 3.63) is 126 Å². The fraction of sp³-hybridized carbons (Fsp3) is 0.250. The molecule has 0 N–H and O–H groups in total. The van der Waals surface area contributed by atoms with Gasteiger partial charge in [-0.1, -0.05) is 98.8 Å². The number of para-hydroxylation sites is 1. The number of hydrogen-bond donors (Lipinski definition) is 0. The zero-order chi connectivity index (χ0) is 25.7. The van der Waals surface area contributed by atoms with Gasteiger partial charge in [0, 0.05) is 11.1 Å². The maximum absolute atomic E-state index is 14.0. The van der Waals surface area contributed by atoms with E-state index >= 15 is 0 Å². The summed E-state index contributed by atoms with van der Waals surface area (Å²) in [7, 11) is 1.69. The lowest BCUT2D eigenvalue weighted by Gasteiger charge is -2.31. The Morgan fingerprint density at radius 1 is 0.973 bits per heavy atom. The van der Waals surface area contributed by atoms with Crippen molar-refractivity contribution in [3.8, 4) is 5.75 Å². The van der Waals surface area contributed by atoms with Gasteiger partial charge in [-0.3, -0.25) is 9.36 Å². The van der Waals surface area contributed by atoms with Gasteiger partial charge < -0.3 is 4.74 Å². The molecule has 5 heteroatoms. The van der Waals surface area contributed by atoms with Gasteiger partial charge in [0.05, 0.1) is 23.4 Å². The first-order chi connectivity index (χ1) is 17.8. The van der Waals surface area contributed by atoms with Crippen molar-refractivity contribution < 1.29 is 4.74 Å². The molecule has 6 rings (SSSR count). The molecule has 3 aromatic carbocycles. The number of ether oxygens (including phenoxy) is 1. The molecule has 4 nitrogen and oxygen atoms in total. The van der Waals surface area contributed by atoms with Crippen LogP contribution in [0, 0.1) is 0 Å². The Hall–Kier alpha value is -3.70. The van der Waals surface area contributed by atoms with Gasteiger partial charge >= 0.3 is 0 Å². The van der Waals surface area contributed by atoms with Crippen LogP contribution in [-0.2, 0) is 11.8 Å². The van der Waals surface area contributed by atoms with Crippen molar-refractivity contribution in [2.75, 3.05) is 7.11 Å². The van der Waals surface area contributed by atoms with Crippen LogP contribution in [0.4, 0.5) is 0 Å². The van der Waals surface area contributed by atoms with Crippen molar-refractivity contribution >= 4 is 23.1 Å². The number of benzene rings is 3. The van der Waals surface area contributed by atoms with E-state index in [9.17, 15) is 4.79 Å². The molecule has 0 amide bonds. The number of aromatic nitrogens is 1. The number of nitrogens with zero attached hydrogens (tertiary/aromatic N) is 2. The van der Waals surface area contributed by atoms with Gasteiger partial charge in [0.25, 0.3) is 5.56 Å². The minimum Gasteiger partial charge on any atom is -0.496 e. The zero-order valence-electron chi connectivity index (χ0n) is 21.6. The number of methoxy groups -OCH3 is 1. The lowest BCUT2D eigenvalue weighted by molar-refractivity contribution is 0.402. The van der Waals surface area contributed by atoms with Crippen LogP contribution < -0.4 is 19.6 Å². The van der Waals surface area contributed by atoms with Crippen LogP contribution >= 0.6 is 11.3 Å². The number of aryl methyl sites for hydroxylation is 1. The minimum absolute atomic E-state index is 0.00929. The number of allylic oxidation sites excluding steroid dienone is 1. The molecule has 0 radical (unpaired) electrons. The van der Waals surface area contributed by atoms with Crippen LogP contribution in [0.1, 0.15) is 61.1 Å². The van der Waals surface area contributed by atoms with Crippen molar-refractivity contribution in [2.24, 2.45) is 4.99 Å². The Morgan fingerprint density at radius 3 is 2.46 bits per heavy atom. The van der Waals surface area contributed by atoms with E-state index in [0.717, 1.165) is 40.2 Å². The topological polar surface area (TPSA) is 43.6 Å². The standard InChI is InChI=1S/C32H30N2O2S/c1-32(2,3)22-16-13-20(14-17-22)19-27-30(35)34-29(24-11-7-8-12-26(24)36-4)25-18-15-21-9-5-6-10-23(21)28(25)33-31(34)37-27/h5-14,16-17,19,29H,15,18H2,1-4H3/b27-19-/t29-/m0/s1. The highest BCUT2D eigenvalue weighted by Gasteiger charge is 2.33. The van der Waals surface area contributed by atoms with Gasteiger partial charge in [0.2, 0.25) is 0 Å². The highest BCUT2D eigenvalue weighted by atomic mass is 32.1. The highest BCUT2D eigenvalue weighted by Crippen LogP contribution is 2.43. The Labute approximate surface area is 220 Å². The Bertz CT molecular complexity index is 1720. The summed E-state index contributed by atoms with van der Waals surface area (Å²) in [4.78, 5) is 19.8. The van der Waals surface area contributed by atoms with Gasteiger partial charge in [0.15, 0.2) is 4.80 Å². The first kappa shape index (κ1) is 23.7. The quantitative estimate of drug-likeness (QED) is 0.362. The van der Waals surface area contributed by atoms with Crippen LogP contribution in [0.3, 0.4) is 0 Å². The molecule has 0 unspecified atom stereocenters. The molecule has 37 heavy (non-hydrogen) atoms. The first-order valence-electron chi connectivity index (χ1n) is 12.7. The molecule has 2 heterocycles. The molecule has 4 aromatic rings. The van der Waals surface area contributed by atoms with Crippen LogP contribution in [-0.4, -0.2) is 11.7 Å². The second-order valence-electron chi connectivity index (χ2n) is 10.7. The van der Waals surface area contributed by atoms with Gasteiger partial charge in [-0.2, -0.15) is 0 Å². The fourth-order valence-electron chi connectivity index (χ4n) is 5.42. The summed E-state index contributed by atoms with van der Waals surface area (Å²) < 4.78 is 8.34. The number of thiazole rings is 1. The second-order valence-corrected chi connectivity index (χ2v) is 11.7. The maximum atomic E-state index is 14.0. The average molecular weight is 507 g/mol. The predicted octanol–water partition coefficient (Wildman–Crippen LogP) is 5.62. The molecule has 2 aliphatic rings. The third-order valence-electron chi connectivity index (χ3n) is 7.38. The molecule has 186 valence electrons. The molecule has 0 saturated carbocycles. The van der Waals surface area contributed by atoms with E-state index in [1.807, 2.05) is 28.8 Å². The summed E-state index contributed by atoms with van der Waals surface area (Å²) in [6, 6.07) is 24.8. The molecule has 1 atom stereocenters. The molecular formula is C32H30N2O2S. The largest absolute Gasteiger partial charge is 0.496 e. The van der Waals surface area contributed by atoms with Gasteiger partial charge in [-0.25, -0.2) is 4.99 Å². The maximum Gasteiger partial charge on any atom is 0.271 e. The van der Waals surface area contributed by atoms with E-state index in [2.05, 4.69) is 75.4 Å². The third kappa shape index (κ3) is 4.08. The molecule has 1 aliphatic heterocycles. The summed E-state index contributed by atoms with van der Waals surface area (Å²) in [6.45, 7) is 6.62. The SMILES string of the molecule is COc1ccccc1[C@H]1C2=C(N=c3s/c(=C\c4ccc(C(C)(C)C)cc4)c(=O)n31)c1ccccc1CC2. The smallest absolute Gasteiger partial charge is 0.271 e. The van der Waals surface area contributed by atoms with E-state index in [4.69, 9.17) is 9.73 Å². The van der Waals surface area contributed by atoms with Crippen LogP contribution in [0.2, 0.25) is 0 Å². The van der Waals surface area contributed by atoms with Crippen molar-refractivity contribution in [1.29, 1.82) is 0 Å². The highest BCUT2D eigenvalue weighted by molar-refractivity contribution is 7.07. The molecule has 1 aliphatic carbocycles. The molecule has 0 saturated heterocycles. The van der Waals surface area contributed by atoms with Crippen molar-refractivity contribution in [3.63, 3.8) is 0 Å². The zero-order valence-corrected chi connectivity index (χ0v) is 22.4. The van der Waals surface area contributed by atoms with Crippen LogP contribution in [0.5, 0.6) is 5.75 Å². The van der Waals surface area contributed by atoms with Crippen LogP contribution in [0.15, 0.2) is 88.2 Å². The summed E-state index contributed by atoms with van der Waals surface area (Å²) in [6.07, 6.45) is 3.78. The second kappa shape index (κ2) is 9.00. The Balaban J connectivity index is 1.58. The fourth-order valence-corrected chi connectivity index (χ4v) is 6.42. The summed E-state index contributed by atoms with van der Waals surface area (Å²) in [5, 5.41) is 0. The molecule has 0 spiro atoms. The molecule has 1 aromatic heterocycles. The van der Waals surface area contributed by atoms with E-state index in [0.29, 0.717) is 4.53 Å².